The minimum Gasteiger partial charge on any atom is -0.444 e. The molecular weight excluding hydrogens is 588 g/mol. The molecule has 0 aliphatic carbocycles. The lowest BCUT2D eigenvalue weighted by Gasteiger charge is -2.30. The second-order valence-corrected chi connectivity index (χ2v) is 13.1. The minimum absolute atomic E-state index is 0. The molecule has 1 fully saturated rings. The van der Waals surface area contributed by atoms with Crippen LogP contribution in [0, 0.1) is 0 Å². The highest BCUT2D eigenvalue weighted by molar-refractivity contribution is 7.92. The molecule has 2 aromatic carbocycles. The molecule has 1 aliphatic heterocycles. The molecule has 4 aromatic rings. The summed E-state index contributed by atoms with van der Waals surface area (Å²) >= 11 is 1.27. The number of halogens is 1. The highest BCUT2D eigenvalue weighted by Crippen LogP contribution is 2.45. The van der Waals surface area contributed by atoms with Crippen LogP contribution in [0.25, 0.3) is 21.8 Å². The molecule has 4 N–H and O–H groups in total. The van der Waals surface area contributed by atoms with E-state index in [1.54, 1.807) is 42.0 Å². The number of amides is 2. The number of rotatable bonds is 7. The van der Waals surface area contributed by atoms with Crippen molar-refractivity contribution in [2.45, 2.75) is 23.6 Å². The van der Waals surface area contributed by atoms with E-state index in [9.17, 15) is 23.2 Å². The quantitative estimate of drug-likeness (QED) is 0.208. The summed E-state index contributed by atoms with van der Waals surface area (Å²) in [6, 6.07) is 19.0. The molecule has 41 heavy (non-hydrogen) atoms. The lowest BCUT2D eigenvalue weighted by molar-refractivity contribution is -0.132. The average molecular weight is 617 g/mol. The number of hydrogen-bond donors (Lipinski definition) is 3. The fourth-order valence-corrected chi connectivity index (χ4v) is 8.59. The fourth-order valence-electron chi connectivity index (χ4n) is 4.98. The summed E-state index contributed by atoms with van der Waals surface area (Å²) < 4.78 is 31.4. The molecule has 3 heterocycles. The van der Waals surface area contributed by atoms with E-state index < -0.39 is 33.0 Å². The van der Waals surface area contributed by atoms with Gasteiger partial charge in [0, 0.05) is 28.4 Å². The van der Waals surface area contributed by atoms with Crippen LogP contribution in [0.5, 0.6) is 0 Å². The molecular formula is C28H29ClN4O6S2. The van der Waals surface area contributed by atoms with Gasteiger partial charge in [-0.05, 0) is 29.7 Å². The van der Waals surface area contributed by atoms with E-state index in [0.717, 1.165) is 16.0 Å². The maximum absolute atomic E-state index is 13.9. The Hall–Kier alpha value is -3.55. The summed E-state index contributed by atoms with van der Waals surface area (Å²) in [6.07, 6.45) is 2.46. The van der Waals surface area contributed by atoms with E-state index in [2.05, 4.69) is 4.98 Å². The minimum atomic E-state index is -3.96. The fraction of sp³-hybridized carbons (Fsp3) is 0.250. The second-order valence-electron chi connectivity index (χ2n) is 9.60. The lowest BCUT2D eigenvalue weighted by atomic mass is 9.96. The summed E-state index contributed by atoms with van der Waals surface area (Å²) in [5.41, 5.74) is 10.1. The third-order valence-corrected chi connectivity index (χ3v) is 11.2. The van der Waals surface area contributed by atoms with Crippen LogP contribution in [0.1, 0.15) is 29.3 Å². The molecule has 1 saturated heterocycles. The zero-order valence-electron chi connectivity index (χ0n) is 21.8. The number of aromatic nitrogens is 1. The molecule has 2 atom stereocenters. The van der Waals surface area contributed by atoms with Gasteiger partial charge in [-0.3, -0.25) is 14.8 Å². The maximum atomic E-state index is 13.9. The van der Waals surface area contributed by atoms with Gasteiger partial charge in [-0.1, -0.05) is 54.6 Å². The smallest absolute Gasteiger partial charge is 0.245 e. The summed E-state index contributed by atoms with van der Waals surface area (Å²) in [6.45, 7) is 0.0297. The van der Waals surface area contributed by atoms with E-state index >= 15 is 0 Å². The van der Waals surface area contributed by atoms with Crippen LogP contribution >= 0.6 is 23.7 Å². The molecule has 0 spiro atoms. The number of nitrogens with one attached hydrogen (secondary N) is 1. The Kier molecular flexibility index (Phi) is 9.30. The number of carbonyl (C=O) groups excluding carboxylic acids is 2. The Balaban J connectivity index is 0.00000387. The number of oxazole rings is 1. The van der Waals surface area contributed by atoms with Gasteiger partial charge >= 0.3 is 0 Å². The maximum Gasteiger partial charge on any atom is 0.245 e. The van der Waals surface area contributed by atoms with Gasteiger partial charge in [0.25, 0.3) is 0 Å². The number of benzene rings is 2. The SMILES string of the molecule is Cl.N[C@@H](C(=O)N1CCC(CC(=O)NO)(c2ccc(-c3ccc(-c4cnco4)cc3)s2)S(=O)(=O)CC1)c1ccccc1. The molecule has 2 amide bonds. The molecule has 13 heteroatoms. The van der Waals surface area contributed by atoms with Crippen LogP contribution in [0.2, 0.25) is 0 Å². The molecule has 5 rings (SSSR count). The molecule has 10 nitrogen and oxygen atoms in total. The highest BCUT2D eigenvalue weighted by Gasteiger charge is 2.50. The number of thiophene rings is 1. The number of hydrogen-bond acceptors (Lipinski definition) is 9. The standard InChI is InChI=1S/C28H28N4O6S2.ClH/c29-26(21-4-2-1-3-5-21)27(34)32-13-12-28(16-25(33)31-35,40(36,37)15-14-32)24-11-10-23(39-24)20-8-6-19(7-9-20)22-17-30-18-38-22;/h1-11,17-18,26,35H,12-16,29H2,(H,31,33);1H/t26-,28?;/m1./s1. The largest absolute Gasteiger partial charge is 0.444 e. The normalized spacial score (nSPS) is 19.0. The third-order valence-electron chi connectivity index (χ3n) is 7.26. The topological polar surface area (TPSA) is 156 Å². The number of nitrogens with zero attached hydrogens (tertiary/aromatic N) is 2. The van der Waals surface area contributed by atoms with Crippen LogP contribution in [-0.2, 0) is 24.2 Å². The molecule has 1 aliphatic rings. The first-order valence-corrected chi connectivity index (χ1v) is 15.1. The van der Waals surface area contributed by atoms with Gasteiger partial charge < -0.3 is 15.1 Å². The van der Waals surface area contributed by atoms with E-state index in [4.69, 9.17) is 10.2 Å². The Morgan fingerprint density at radius 2 is 1.78 bits per heavy atom. The first-order chi connectivity index (χ1) is 19.2. The van der Waals surface area contributed by atoms with Crippen molar-refractivity contribution >= 4 is 45.4 Å². The monoisotopic (exact) mass is 616 g/mol. The molecule has 0 radical (unpaired) electrons. The van der Waals surface area contributed by atoms with Crippen molar-refractivity contribution in [2.24, 2.45) is 5.73 Å². The third kappa shape index (κ3) is 6.07. The van der Waals surface area contributed by atoms with Gasteiger partial charge in [-0.25, -0.2) is 18.9 Å². The van der Waals surface area contributed by atoms with Crippen LogP contribution in [0.4, 0.5) is 0 Å². The van der Waals surface area contributed by atoms with Crippen molar-refractivity contribution < 1.29 is 27.6 Å². The molecule has 0 bridgehead atoms. The summed E-state index contributed by atoms with van der Waals surface area (Å²) in [7, 11) is -3.96. The zero-order valence-corrected chi connectivity index (χ0v) is 24.3. The van der Waals surface area contributed by atoms with Gasteiger partial charge in [0.1, 0.15) is 10.8 Å². The van der Waals surface area contributed by atoms with Crippen molar-refractivity contribution in [1.29, 1.82) is 0 Å². The Morgan fingerprint density at radius 3 is 2.44 bits per heavy atom. The van der Waals surface area contributed by atoms with Gasteiger partial charge in [-0.15, -0.1) is 23.7 Å². The van der Waals surface area contributed by atoms with Crippen molar-refractivity contribution in [1.82, 2.24) is 15.4 Å². The Bertz CT molecular complexity index is 1590. The first kappa shape index (κ1) is 30.4. The predicted molar refractivity (Wildman–Crippen MR) is 157 cm³/mol. The molecule has 2 aromatic heterocycles. The van der Waals surface area contributed by atoms with Crippen LogP contribution < -0.4 is 11.2 Å². The van der Waals surface area contributed by atoms with Crippen LogP contribution in [0.3, 0.4) is 0 Å². The average Bonchev–Trinajstić information content (AvgIpc) is 3.67. The predicted octanol–water partition coefficient (Wildman–Crippen LogP) is 3.93. The first-order valence-electron chi connectivity index (χ1n) is 12.6. The summed E-state index contributed by atoms with van der Waals surface area (Å²) in [5, 5.41) is 9.31. The van der Waals surface area contributed by atoms with E-state index in [-0.39, 0.29) is 43.6 Å². The number of hydroxylamine groups is 1. The second kappa shape index (κ2) is 12.5. The van der Waals surface area contributed by atoms with Crippen LogP contribution in [0.15, 0.2) is 83.7 Å². The van der Waals surface area contributed by atoms with Crippen molar-refractivity contribution in [3.8, 4) is 21.8 Å². The number of carbonyl (C=O) groups is 2. The molecule has 0 saturated carbocycles. The molecule has 1 unspecified atom stereocenters. The van der Waals surface area contributed by atoms with E-state index in [1.807, 2.05) is 36.4 Å². The van der Waals surface area contributed by atoms with E-state index in [0.29, 0.717) is 16.2 Å². The summed E-state index contributed by atoms with van der Waals surface area (Å²) in [4.78, 5) is 32.4. The van der Waals surface area contributed by atoms with Gasteiger partial charge in [0.15, 0.2) is 22.0 Å². The van der Waals surface area contributed by atoms with E-state index in [1.165, 1.54) is 22.6 Å². The zero-order chi connectivity index (χ0) is 28.3. The number of sulfone groups is 1. The number of nitrogens with two attached hydrogens (primary N) is 1. The van der Waals surface area contributed by atoms with Crippen molar-refractivity contribution in [2.75, 3.05) is 18.8 Å². The molecule has 216 valence electrons. The van der Waals surface area contributed by atoms with Crippen molar-refractivity contribution in [3.05, 3.63) is 89.8 Å². The van der Waals surface area contributed by atoms with Gasteiger partial charge in [0.05, 0.1) is 18.4 Å². The van der Waals surface area contributed by atoms with Gasteiger partial charge in [-0.2, -0.15) is 0 Å². The highest BCUT2D eigenvalue weighted by atomic mass is 35.5. The lowest BCUT2D eigenvalue weighted by Crippen LogP contribution is -2.41. The van der Waals surface area contributed by atoms with Crippen molar-refractivity contribution in [3.63, 3.8) is 0 Å². The van der Waals surface area contributed by atoms with Gasteiger partial charge in [0.2, 0.25) is 11.8 Å². The Morgan fingerprint density at radius 1 is 1.07 bits per heavy atom. The van der Waals surface area contributed by atoms with Crippen LogP contribution in [-0.4, -0.2) is 54.2 Å². The Labute approximate surface area is 247 Å². The summed E-state index contributed by atoms with van der Waals surface area (Å²) in [5.74, 6) is -0.931.